The summed E-state index contributed by atoms with van der Waals surface area (Å²) in [6.45, 7) is 1.55. The van der Waals surface area contributed by atoms with Crippen molar-refractivity contribution in [1.29, 1.82) is 0 Å². The van der Waals surface area contributed by atoms with Crippen LogP contribution in [0.25, 0.3) is 0 Å². The van der Waals surface area contributed by atoms with Gasteiger partial charge in [-0.3, -0.25) is 4.79 Å². The van der Waals surface area contributed by atoms with Crippen molar-refractivity contribution in [3.05, 3.63) is 22.1 Å². The van der Waals surface area contributed by atoms with Crippen molar-refractivity contribution >= 4 is 17.2 Å². The van der Waals surface area contributed by atoms with Crippen molar-refractivity contribution in [2.24, 2.45) is 0 Å². The summed E-state index contributed by atoms with van der Waals surface area (Å²) in [4.78, 5) is 11.5. The molecule has 2 rings (SSSR count). The lowest BCUT2D eigenvalue weighted by atomic mass is 10.2. The van der Waals surface area contributed by atoms with Crippen molar-refractivity contribution in [3.63, 3.8) is 0 Å². The maximum absolute atomic E-state index is 12.9. The normalized spacial score (nSPS) is 16.7. The zero-order chi connectivity index (χ0) is 9.26. The molecular formula is C8H9FN2OS. The third-order valence-corrected chi connectivity index (χ3v) is 2.83. The molecule has 1 saturated heterocycles. The highest BCUT2D eigenvalue weighted by atomic mass is 32.1. The van der Waals surface area contributed by atoms with Crippen LogP contribution in [0.2, 0.25) is 0 Å². The molecule has 0 aromatic carbocycles. The van der Waals surface area contributed by atoms with Gasteiger partial charge in [0.1, 0.15) is 10.7 Å². The molecule has 0 atom stereocenters. The quantitative estimate of drug-likeness (QED) is 0.733. The van der Waals surface area contributed by atoms with Gasteiger partial charge in [0.2, 0.25) is 0 Å². The Morgan fingerprint density at radius 1 is 1.69 bits per heavy atom. The summed E-state index contributed by atoms with van der Waals surface area (Å²) in [6, 6.07) is 1.47. The van der Waals surface area contributed by atoms with Gasteiger partial charge in [0.05, 0.1) is 6.04 Å². The molecule has 1 aliphatic heterocycles. The predicted molar refractivity (Wildman–Crippen MR) is 48.4 cm³/mol. The van der Waals surface area contributed by atoms with Crippen molar-refractivity contribution in [3.8, 4) is 0 Å². The van der Waals surface area contributed by atoms with Crippen LogP contribution in [0.3, 0.4) is 0 Å². The highest BCUT2D eigenvalue weighted by Crippen LogP contribution is 2.14. The first-order valence-electron chi connectivity index (χ1n) is 4.02. The number of carbonyl (C=O) groups excluding carboxylic acids is 1. The number of rotatable bonds is 2. The van der Waals surface area contributed by atoms with E-state index < -0.39 is 5.82 Å². The Morgan fingerprint density at radius 3 is 2.92 bits per heavy atom. The molecule has 0 radical (unpaired) electrons. The van der Waals surface area contributed by atoms with Crippen LogP contribution in [0.5, 0.6) is 0 Å². The Morgan fingerprint density at radius 2 is 2.46 bits per heavy atom. The maximum atomic E-state index is 12.9. The van der Waals surface area contributed by atoms with Gasteiger partial charge in [0.15, 0.2) is 0 Å². The first-order chi connectivity index (χ1) is 6.27. The van der Waals surface area contributed by atoms with Gasteiger partial charge in [0.25, 0.3) is 5.91 Å². The number of halogens is 1. The Hall–Kier alpha value is -0.940. The monoisotopic (exact) mass is 200 g/mol. The first kappa shape index (κ1) is 8.65. The molecule has 13 heavy (non-hydrogen) atoms. The van der Waals surface area contributed by atoms with Gasteiger partial charge in [0, 0.05) is 13.1 Å². The zero-order valence-electron chi connectivity index (χ0n) is 6.84. The van der Waals surface area contributed by atoms with E-state index in [1.807, 2.05) is 0 Å². The zero-order valence-corrected chi connectivity index (χ0v) is 7.66. The van der Waals surface area contributed by atoms with Gasteiger partial charge in [-0.15, -0.1) is 11.3 Å². The van der Waals surface area contributed by atoms with Gasteiger partial charge >= 0.3 is 0 Å². The van der Waals surface area contributed by atoms with Crippen molar-refractivity contribution in [1.82, 2.24) is 10.6 Å². The minimum atomic E-state index is -0.435. The molecule has 2 N–H and O–H groups in total. The molecule has 2 heterocycles. The van der Waals surface area contributed by atoms with Gasteiger partial charge in [-0.05, 0) is 11.4 Å². The highest BCUT2D eigenvalue weighted by Gasteiger charge is 2.21. The molecule has 1 aromatic heterocycles. The van der Waals surface area contributed by atoms with Crippen LogP contribution in [0.4, 0.5) is 4.39 Å². The summed E-state index contributed by atoms with van der Waals surface area (Å²) >= 11 is 1.13. The lowest BCUT2D eigenvalue weighted by Gasteiger charge is -2.27. The lowest BCUT2D eigenvalue weighted by Crippen LogP contribution is -2.56. The smallest absolute Gasteiger partial charge is 0.264 e. The van der Waals surface area contributed by atoms with E-state index in [1.165, 1.54) is 6.07 Å². The van der Waals surface area contributed by atoms with Gasteiger partial charge in [-0.2, -0.15) is 0 Å². The standard InChI is InChI=1S/C8H9FN2OS/c9-6-1-2-13-7(6)8(12)11-5-3-10-4-5/h1-2,5,10H,3-4H2,(H,11,12). The molecule has 1 fully saturated rings. The van der Waals surface area contributed by atoms with E-state index in [-0.39, 0.29) is 16.8 Å². The molecule has 0 spiro atoms. The molecule has 5 heteroatoms. The lowest BCUT2D eigenvalue weighted by molar-refractivity contribution is 0.0924. The van der Waals surface area contributed by atoms with Crippen molar-refractivity contribution in [2.45, 2.75) is 6.04 Å². The molecule has 0 bridgehead atoms. The number of carbonyl (C=O) groups is 1. The molecule has 3 nitrogen and oxygen atoms in total. The molecule has 0 saturated carbocycles. The largest absolute Gasteiger partial charge is 0.346 e. The molecule has 1 aliphatic rings. The molecular weight excluding hydrogens is 191 g/mol. The summed E-state index contributed by atoms with van der Waals surface area (Å²) in [7, 11) is 0. The molecule has 70 valence electrons. The van der Waals surface area contributed by atoms with Crippen LogP contribution in [0.1, 0.15) is 9.67 Å². The van der Waals surface area contributed by atoms with E-state index in [4.69, 9.17) is 0 Å². The Balaban J connectivity index is 2.00. The van der Waals surface area contributed by atoms with Gasteiger partial charge < -0.3 is 10.6 Å². The summed E-state index contributed by atoms with van der Waals surface area (Å²) in [6.07, 6.45) is 0. The first-order valence-corrected chi connectivity index (χ1v) is 4.90. The van der Waals surface area contributed by atoms with Crippen molar-refractivity contribution in [2.75, 3.05) is 13.1 Å². The van der Waals surface area contributed by atoms with E-state index >= 15 is 0 Å². The van der Waals surface area contributed by atoms with E-state index in [1.54, 1.807) is 5.38 Å². The van der Waals surface area contributed by atoms with Crippen LogP contribution in [-0.4, -0.2) is 25.0 Å². The van der Waals surface area contributed by atoms with E-state index in [0.717, 1.165) is 24.4 Å². The number of nitrogens with one attached hydrogen (secondary N) is 2. The summed E-state index contributed by atoms with van der Waals surface area (Å²) in [5.41, 5.74) is 0. The molecule has 1 aromatic rings. The number of hydrogen-bond acceptors (Lipinski definition) is 3. The third-order valence-electron chi connectivity index (χ3n) is 1.94. The summed E-state index contributed by atoms with van der Waals surface area (Å²) in [5.74, 6) is -0.742. The van der Waals surface area contributed by atoms with E-state index in [2.05, 4.69) is 10.6 Å². The van der Waals surface area contributed by atoms with E-state index in [0.29, 0.717) is 0 Å². The number of hydrogen-bond donors (Lipinski definition) is 2. The average molecular weight is 200 g/mol. The van der Waals surface area contributed by atoms with E-state index in [9.17, 15) is 9.18 Å². The second kappa shape index (κ2) is 3.43. The topological polar surface area (TPSA) is 41.1 Å². The minimum Gasteiger partial charge on any atom is -0.346 e. The molecule has 0 aliphatic carbocycles. The summed E-state index contributed by atoms with van der Waals surface area (Å²) in [5, 5.41) is 7.32. The molecule has 0 unspecified atom stereocenters. The maximum Gasteiger partial charge on any atom is 0.264 e. The SMILES string of the molecule is O=C(NC1CNC1)c1sccc1F. The van der Waals surface area contributed by atoms with Crippen LogP contribution in [0.15, 0.2) is 11.4 Å². The second-order valence-electron chi connectivity index (χ2n) is 2.93. The van der Waals surface area contributed by atoms with Crippen LogP contribution in [0, 0.1) is 5.82 Å². The van der Waals surface area contributed by atoms with Gasteiger partial charge in [-0.25, -0.2) is 4.39 Å². The molecule has 1 amide bonds. The average Bonchev–Trinajstić information content (AvgIpc) is 2.43. The highest BCUT2D eigenvalue weighted by molar-refractivity contribution is 7.12. The van der Waals surface area contributed by atoms with Crippen LogP contribution < -0.4 is 10.6 Å². The minimum absolute atomic E-state index is 0.161. The Kier molecular flexibility index (Phi) is 2.28. The van der Waals surface area contributed by atoms with Crippen LogP contribution >= 0.6 is 11.3 Å². The van der Waals surface area contributed by atoms with Crippen LogP contribution in [-0.2, 0) is 0 Å². The second-order valence-corrected chi connectivity index (χ2v) is 3.84. The fraction of sp³-hybridized carbons (Fsp3) is 0.375. The Bertz CT molecular complexity index is 322. The third kappa shape index (κ3) is 1.71. The fourth-order valence-electron chi connectivity index (χ4n) is 1.10. The Labute approximate surface area is 79.0 Å². The summed E-state index contributed by atoms with van der Waals surface area (Å²) < 4.78 is 12.9. The number of thiophene rings is 1. The number of amides is 1. The fourth-order valence-corrected chi connectivity index (χ4v) is 1.77. The van der Waals surface area contributed by atoms with Crippen molar-refractivity contribution < 1.29 is 9.18 Å². The predicted octanol–water partition coefficient (Wildman–Crippen LogP) is 0.589. The van der Waals surface area contributed by atoms with Gasteiger partial charge in [-0.1, -0.05) is 0 Å².